The highest BCUT2D eigenvalue weighted by atomic mass is 16.5. The predicted octanol–water partition coefficient (Wildman–Crippen LogP) is 1.22. The van der Waals surface area contributed by atoms with Crippen molar-refractivity contribution in [2.45, 2.75) is 19.4 Å². The first kappa shape index (κ1) is 12.5. The number of hydrogen-bond donors (Lipinski definition) is 2. The average Bonchev–Trinajstić information content (AvgIpc) is 2.30. The topological polar surface area (TPSA) is 64.3 Å². The van der Waals surface area contributed by atoms with Gasteiger partial charge in [0, 0.05) is 0 Å². The summed E-state index contributed by atoms with van der Waals surface area (Å²) in [5, 5.41) is 3.11. The van der Waals surface area contributed by atoms with Crippen molar-refractivity contribution in [1.29, 1.82) is 0 Å². The molecule has 0 spiro atoms. The molecular formula is C12H18N2O2. The second-order valence-electron chi connectivity index (χ2n) is 3.56. The minimum absolute atomic E-state index is 0.362. The van der Waals surface area contributed by atoms with Crippen LogP contribution in [0.15, 0.2) is 24.3 Å². The van der Waals surface area contributed by atoms with E-state index in [1.54, 1.807) is 7.11 Å². The third kappa shape index (κ3) is 3.24. The second kappa shape index (κ2) is 6.12. The van der Waals surface area contributed by atoms with Crippen LogP contribution in [0.4, 0.5) is 0 Å². The molecule has 1 unspecified atom stereocenters. The van der Waals surface area contributed by atoms with E-state index in [0.717, 1.165) is 24.3 Å². The van der Waals surface area contributed by atoms with Crippen molar-refractivity contribution in [3.05, 3.63) is 29.8 Å². The Morgan fingerprint density at radius 2 is 2.06 bits per heavy atom. The van der Waals surface area contributed by atoms with Crippen molar-refractivity contribution >= 4 is 5.91 Å². The molecule has 0 aliphatic carbocycles. The van der Waals surface area contributed by atoms with Gasteiger partial charge in [-0.15, -0.1) is 0 Å². The fraction of sp³-hybridized carbons (Fsp3) is 0.417. The molecule has 1 aromatic rings. The van der Waals surface area contributed by atoms with E-state index < -0.39 is 6.04 Å². The first-order valence-electron chi connectivity index (χ1n) is 5.35. The van der Waals surface area contributed by atoms with E-state index in [4.69, 9.17) is 10.5 Å². The van der Waals surface area contributed by atoms with Crippen molar-refractivity contribution in [1.82, 2.24) is 5.32 Å². The van der Waals surface area contributed by atoms with Crippen LogP contribution < -0.4 is 15.8 Å². The maximum atomic E-state index is 11.3. The lowest BCUT2D eigenvalue weighted by atomic mass is 10.1. The van der Waals surface area contributed by atoms with E-state index in [1.807, 2.05) is 31.2 Å². The van der Waals surface area contributed by atoms with E-state index >= 15 is 0 Å². The SMILES string of the molecule is CCCNC(C(N)=O)c1ccc(OC)cc1. The van der Waals surface area contributed by atoms with Gasteiger partial charge in [-0.05, 0) is 30.7 Å². The maximum absolute atomic E-state index is 11.3. The molecule has 0 bridgehead atoms. The maximum Gasteiger partial charge on any atom is 0.239 e. The van der Waals surface area contributed by atoms with Crippen LogP contribution in [-0.4, -0.2) is 19.6 Å². The Hall–Kier alpha value is -1.55. The summed E-state index contributed by atoms with van der Waals surface area (Å²) in [4.78, 5) is 11.3. The van der Waals surface area contributed by atoms with Gasteiger partial charge in [-0.2, -0.15) is 0 Å². The molecule has 0 aliphatic heterocycles. The van der Waals surface area contributed by atoms with Crippen molar-refractivity contribution in [3.8, 4) is 5.75 Å². The summed E-state index contributed by atoms with van der Waals surface area (Å²) in [5.41, 5.74) is 6.21. The van der Waals surface area contributed by atoms with Crippen LogP contribution in [0.5, 0.6) is 5.75 Å². The van der Waals surface area contributed by atoms with E-state index in [9.17, 15) is 4.79 Å². The highest BCUT2D eigenvalue weighted by molar-refractivity contribution is 5.81. The van der Waals surface area contributed by atoms with Crippen LogP contribution in [-0.2, 0) is 4.79 Å². The monoisotopic (exact) mass is 222 g/mol. The zero-order chi connectivity index (χ0) is 12.0. The Labute approximate surface area is 95.8 Å². The van der Waals surface area contributed by atoms with Gasteiger partial charge in [-0.1, -0.05) is 19.1 Å². The number of nitrogens with two attached hydrogens (primary N) is 1. The van der Waals surface area contributed by atoms with Crippen LogP contribution in [0.2, 0.25) is 0 Å². The molecule has 1 amide bonds. The minimum atomic E-state index is -0.425. The Morgan fingerprint density at radius 3 is 2.50 bits per heavy atom. The molecule has 0 heterocycles. The van der Waals surface area contributed by atoms with E-state index in [-0.39, 0.29) is 5.91 Å². The van der Waals surface area contributed by atoms with Crippen LogP contribution in [0.25, 0.3) is 0 Å². The number of rotatable bonds is 6. The van der Waals surface area contributed by atoms with Gasteiger partial charge in [0.05, 0.1) is 7.11 Å². The standard InChI is InChI=1S/C12H18N2O2/c1-3-8-14-11(12(13)15)9-4-6-10(16-2)7-5-9/h4-7,11,14H,3,8H2,1-2H3,(H2,13,15). The Bertz CT molecular complexity index is 335. The van der Waals surface area contributed by atoms with Gasteiger partial charge in [0.15, 0.2) is 0 Å². The number of ether oxygens (including phenoxy) is 1. The predicted molar refractivity (Wildman–Crippen MR) is 63.2 cm³/mol. The zero-order valence-corrected chi connectivity index (χ0v) is 9.69. The lowest BCUT2D eigenvalue weighted by Crippen LogP contribution is -2.33. The van der Waals surface area contributed by atoms with Gasteiger partial charge in [0.2, 0.25) is 5.91 Å². The van der Waals surface area contributed by atoms with Crippen molar-refractivity contribution in [2.24, 2.45) is 5.73 Å². The average molecular weight is 222 g/mol. The lowest BCUT2D eigenvalue weighted by Gasteiger charge is -2.15. The molecule has 3 N–H and O–H groups in total. The van der Waals surface area contributed by atoms with Gasteiger partial charge in [0.1, 0.15) is 11.8 Å². The van der Waals surface area contributed by atoms with Gasteiger partial charge in [0.25, 0.3) is 0 Å². The molecule has 0 fully saturated rings. The third-order valence-corrected chi connectivity index (χ3v) is 2.33. The third-order valence-electron chi connectivity index (χ3n) is 2.33. The number of amides is 1. The summed E-state index contributed by atoms with van der Waals surface area (Å²) in [6, 6.07) is 6.90. The molecule has 1 aromatic carbocycles. The molecule has 0 aromatic heterocycles. The number of benzene rings is 1. The summed E-state index contributed by atoms with van der Waals surface area (Å²) in [6.07, 6.45) is 0.958. The summed E-state index contributed by atoms with van der Waals surface area (Å²) in [6.45, 7) is 2.80. The van der Waals surface area contributed by atoms with Crippen LogP contribution in [0.3, 0.4) is 0 Å². The molecule has 1 rings (SSSR count). The molecule has 88 valence electrons. The number of methoxy groups -OCH3 is 1. The Kier molecular flexibility index (Phi) is 4.79. The van der Waals surface area contributed by atoms with Crippen LogP contribution >= 0.6 is 0 Å². The first-order chi connectivity index (χ1) is 7.69. The van der Waals surface area contributed by atoms with E-state index in [1.165, 1.54) is 0 Å². The first-order valence-corrected chi connectivity index (χ1v) is 5.35. The fourth-order valence-corrected chi connectivity index (χ4v) is 1.47. The largest absolute Gasteiger partial charge is 0.497 e. The molecule has 1 atom stereocenters. The number of carbonyl (C=O) groups excluding carboxylic acids is 1. The second-order valence-corrected chi connectivity index (χ2v) is 3.56. The minimum Gasteiger partial charge on any atom is -0.497 e. The Balaban J connectivity index is 2.79. The number of nitrogens with one attached hydrogen (secondary N) is 1. The quantitative estimate of drug-likeness (QED) is 0.760. The van der Waals surface area contributed by atoms with E-state index in [2.05, 4.69) is 5.32 Å². The number of hydrogen-bond acceptors (Lipinski definition) is 3. The highest BCUT2D eigenvalue weighted by Gasteiger charge is 2.16. The zero-order valence-electron chi connectivity index (χ0n) is 9.69. The highest BCUT2D eigenvalue weighted by Crippen LogP contribution is 2.17. The van der Waals surface area contributed by atoms with Crippen molar-refractivity contribution in [2.75, 3.05) is 13.7 Å². The molecule has 0 radical (unpaired) electrons. The number of carbonyl (C=O) groups is 1. The molecule has 0 saturated heterocycles. The summed E-state index contributed by atoms with van der Waals surface area (Å²) < 4.78 is 5.05. The van der Waals surface area contributed by atoms with Gasteiger partial charge in [-0.25, -0.2) is 0 Å². The normalized spacial score (nSPS) is 12.1. The molecule has 0 saturated carbocycles. The van der Waals surface area contributed by atoms with E-state index in [0.29, 0.717) is 0 Å². The summed E-state index contributed by atoms with van der Waals surface area (Å²) in [7, 11) is 1.61. The van der Waals surface area contributed by atoms with Crippen molar-refractivity contribution in [3.63, 3.8) is 0 Å². The van der Waals surface area contributed by atoms with Crippen LogP contribution in [0.1, 0.15) is 24.9 Å². The summed E-state index contributed by atoms with van der Waals surface area (Å²) in [5.74, 6) is 0.404. The Morgan fingerprint density at radius 1 is 1.44 bits per heavy atom. The van der Waals surface area contributed by atoms with Crippen molar-refractivity contribution < 1.29 is 9.53 Å². The van der Waals surface area contributed by atoms with Gasteiger partial charge < -0.3 is 15.8 Å². The molecule has 4 nitrogen and oxygen atoms in total. The number of primary amides is 1. The smallest absolute Gasteiger partial charge is 0.239 e. The van der Waals surface area contributed by atoms with Gasteiger partial charge in [-0.3, -0.25) is 4.79 Å². The summed E-state index contributed by atoms with van der Waals surface area (Å²) >= 11 is 0. The molecular weight excluding hydrogens is 204 g/mol. The molecule has 4 heteroatoms. The van der Waals surface area contributed by atoms with Gasteiger partial charge >= 0.3 is 0 Å². The fourth-order valence-electron chi connectivity index (χ4n) is 1.47. The lowest BCUT2D eigenvalue weighted by molar-refractivity contribution is -0.120. The molecule has 16 heavy (non-hydrogen) atoms. The van der Waals surface area contributed by atoms with Crippen LogP contribution in [0, 0.1) is 0 Å². The molecule has 0 aliphatic rings.